The molecule has 0 saturated carbocycles. The largest absolute Gasteiger partial charge is 0.357 e. The van der Waals surface area contributed by atoms with Gasteiger partial charge >= 0.3 is 0 Å². The molecule has 7 heteroatoms. The molecule has 3 aliphatic heterocycles. The molecule has 3 rings (SSSR count). The average Bonchev–Trinajstić information content (AvgIpc) is 3.19. The van der Waals surface area contributed by atoms with Gasteiger partial charge in [0.25, 0.3) is 0 Å². The van der Waals surface area contributed by atoms with Crippen molar-refractivity contribution < 1.29 is 4.79 Å². The van der Waals surface area contributed by atoms with Crippen molar-refractivity contribution >= 4 is 35.8 Å². The topological polar surface area (TPSA) is 60.0 Å². The Morgan fingerprint density at radius 3 is 2.92 bits per heavy atom. The fourth-order valence-electron chi connectivity index (χ4n) is 4.65. The van der Waals surface area contributed by atoms with Crippen molar-refractivity contribution in [1.82, 2.24) is 20.4 Å². The maximum Gasteiger partial charge on any atom is 0.220 e. The highest BCUT2D eigenvalue weighted by molar-refractivity contribution is 14.0. The third-order valence-corrected chi connectivity index (χ3v) is 5.90. The summed E-state index contributed by atoms with van der Waals surface area (Å²) in [6, 6.07) is 0. The van der Waals surface area contributed by atoms with E-state index in [4.69, 9.17) is 4.99 Å². The van der Waals surface area contributed by atoms with Crippen LogP contribution in [0.1, 0.15) is 46.0 Å². The van der Waals surface area contributed by atoms with Gasteiger partial charge in [0.15, 0.2) is 5.96 Å². The van der Waals surface area contributed by atoms with Gasteiger partial charge in [0.2, 0.25) is 5.91 Å². The lowest BCUT2D eigenvalue weighted by molar-refractivity contribution is -0.119. The lowest BCUT2D eigenvalue weighted by atomic mass is 9.79. The van der Waals surface area contributed by atoms with E-state index in [1.165, 1.54) is 32.5 Å². The van der Waals surface area contributed by atoms with E-state index in [2.05, 4.69) is 34.3 Å². The second-order valence-corrected chi connectivity index (χ2v) is 8.13. The molecule has 3 fully saturated rings. The monoisotopic (exact) mass is 477 g/mol. The molecule has 3 heterocycles. The van der Waals surface area contributed by atoms with Gasteiger partial charge in [-0.1, -0.05) is 6.92 Å². The van der Waals surface area contributed by atoms with Gasteiger partial charge in [-0.15, -0.1) is 24.0 Å². The van der Waals surface area contributed by atoms with Crippen LogP contribution in [0.15, 0.2) is 4.99 Å². The molecule has 150 valence electrons. The number of carbonyl (C=O) groups is 1. The van der Waals surface area contributed by atoms with Crippen LogP contribution in [0.25, 0.3) is 0 Å². The molecule has 6 nitrogen and oxygen atoms in total. The molecular formula is C19H36IN5O. The second kappa shape index (κ2) is 10.1. The van der Waals surface area contributed by atoms with Crippen LogP contribution in [-0.4, -0.2) is 74.0 Å². The molecule has 0 aliphatic carbocycles. The van der Waals surface area contributed by atoms with Gasteiger partial charge in [0.05, 0.1) is 0 Å². The minimum Gasteiger partial charge on any atom is -0.357 e. The van der Waals surface area contributed by atoms with E-state index in [1.54, 1.807) is 0 Å². The fraction of sp³-hybridized carbons (Fsp3) is 0.895. The molecule has 3 aliphatic rings. The highest BCUT2D eigenvalue weighted by Gasteiger charge is 2.42. The van der Waals surface area contributed by atoms with Crippen molar-refractivity contribution in [3.8, 4) is 0 Å². The van der Waals surface area contributed by atoms with Crippen molar-refractivity contribution in [2.45, 2.75) is 46.0 Å². The summed E-state index contributed by atoms with van der Waals surface area (Å²) in [7, 11) is 0. The Balaban J connectivity index is 0.00000243. The Morgan fingerprint density at radius 2 is 2.23 bits per heavy atom. The average molecular weight is 477 g/mol. The highest BCUT2D eigenvalue weighted by atomic mass is 127. The van der Waals surface area contributed by atoms with E-state index in [-0.39, 0.29) is 35.3 Å². The number of hydrogen-bond acceptors (Lipinski definition) is 3. The first-order valence-electron chi connectivity index (χ1n) is 10.2. The molecular weight excluding hydrogens is 441 g/mol. The number of aliphatic imine (C=N–C) groups is 1. The Bertz CT molecular complexity index is 500. The Kier molecular flexibility index (Phi) is 8.44. The molecule has 26 heavy (non-hydrogen) atoms. The number of likely N-dealkylation sites (tertiary alicyclic amines) is 2. The van der Waals surface area contributed by atoms with Crippen LogP contribution in [0, 0.1) is 11.3 Å². The molecule has 0 aromatic rings. The summed E-state index contributed by atoms with van der Waals surface area (Å²) in [5, 5.41) is 6.52. The van der Waals surface area contributed by atoms with Crippen LogP contribution >= 0.6 is 24.0 Å². The van der Waals surface area contributed by atoms with E-state index in [0.29, 0.717) is 12.3 Å². The summed E-state index contributed by atoms with van der Waals surface area (Å²) in [6.07, 6.45) is 5.48. The van der Waals surface area contributed by atoms with E-state index in [1.807, 2.05) is 0 Å². The van der Waals surface area contributed by atoms with E-state index >= 15 is 0 Å². The van der Waals surface area contributed by atoms with E-state index in [0.717, 1.165) is 51.5 Å². The van der Waals surface area contributed by atoms with Gasteiger partial charge < -0.3 is 20.4 Å². The maximum absolute atomic E-state index is 11.7. The first-order chi connectivity index (χ1) is 12.1. The molecule has 0 aromatic carbocycles. The SMILES string of the molecule is CCCN1CCC(CN=C(NCC)N2CCCC3(CNC(=O)C3)C2)C1.I. The smallest absolute Gasteiger partial charge is 0.220 e. The number of nitrogens with zero attached hydrogens (tertiary/aromatic N) is 3. The van der Waals surface area contributed by atoms with Crippen LogP contribution in [-0.2, 0) is 4.79 Å². The molecule has 1 spiro atoms. The summed E-state index contributed by atoms with van der Waals surface area (Å²) < 4.78 is 0. The summed E-state index contributed by atoms with van der Waals surface area (Å²) >= 11 is 0. The van der Waals surface area contributed by atoms with Crippen LogP contribution in [0.2, 0.25) is 0 Å². The molecule has 1 amide bonds. The minimum absolute atomic E-state index is 0. The number of halogens is 1. The lowest BCUT2D eigenvalue weighted by Crippen LogP contribution is -2.51. The van der Waals surface area contributed by atoms with E-state index in [9.17, 15) is 4.79 Å². The molecule has 2 atom stereocenters. The lowest BCUT2D eigenvalue weighted by Gasteiger charge is -2.40. The van der Waals surface area contributed by atoms with Gasteiger partial charge in [-0.05, 0) is 51.6 Å². The summed E-state index contributed by atoms with van der Waals surface area (Å²) in [5.74, 6) is 1.95. The zero-order chi connectivity index (χ0) is 17.7. The standard InChI is InChI=1S/C19H35N5O.HI/c1-3-8-23-10-6-16(13-23)12-21-18(20-4-2)24-9-5-7-19(15-24)11-17(25)22-14-19;/h16H,3-15H2,1-2H3,(H,20,21)(H,22,25);1H. The summed E-state index contributed by atoms with van der Waals surface area (Å²) in [5.41, 5.74) is 0.122. The van der Waals surface area contributed by atoms with E-state index < -0.39 is 0 Å². The van der Waals surface area contributed by atoms with Crippen molar-refractivity contribution in [2.24, 2.45) is 16.3 Å². The van der Waals surface area contributed by atoms with Crippen LogP contribution in [0.5, 0.6) is 0 Å². The van der Waals surface area contributed by atoms with Crippen molar-refractivity contribution in [2.75, 3.05) is 52.4 Å². The zero-order valence-corrected chi connectivity index (χ0v) is 18.8. The number of guanidine groups is 1. The Hall–Kier alpha value is -0.570. The Morgan fingerprint density at radius 1 is 1.38 bits per heavy atom. The second-order valence-electron chi connectivity index (χ2n) is 8.13. The van der Waals surface area contributed by atoms with Gasteiger partial charge in [-0.3, -0.25) is 9.79 Å². The van der Waals surface area contributed by atoms with Gasteiger partial charge in [0.1, 0.15) is 0 Å². The summed E-state index contributed by atoms with van der Waals surface area (Å²) in [6.45, 7) is 12.7. The van der Waals surface area contributed by atoms with Crippen molar-refractivity contribution in [3.05, 3.63) is 0 Å². The number of piperidine rings is 1. The van der Waals surface area contributed by atoms with Gasteiger partial charge in [0, 0.05) is 51.1 Å². The quantitative estimate of drug-likeness (QED) is 0.361. The first kappa shape index (κ1) is 21.7. The normalized spacial score (nSPS) is 29.8. The number of nitrogens with one attached hydrogen (secondary N) is 2. The maximum atomic E-state index is 11.7. The predicted octanol–water partition coefficient (Wildman–Crippen LogP) is 1.90. The van der Waals surface area contributed by atoms with Crippen LogP contribution in [0.4, 0.5) is 0 Å². The van der Waals surface area contributed by atoms with Crippen molar-refractivity contribution in [1.29, 1.82) is 0 Å². The third kappa shape index (κ3) is 5.47. The number of carbonyl (C=O) groups excluding carboxylic acids is 1. The molecule has 0 bridgehead atoms. The molecule has 2 unspecified atom stereocenters. The van der Waals surface area contributed by atoms with Gasteiger partial charge in [-0.25, -0.2) is 0 Å². The molecule has 2 N–H and O–H groups in total. The van der Waals surface area contributed by atoms with Gasteiger partial charge in [-0.2, -0.15) is 0 Å². The first-order valence-corrected chi connectivity index (χ1v) is 10.2. The van der Waals surface area contributed by atoms with Crippen molar-refractivity contribution in [3.63, 3.8) is 0 Å². The fourth-order valence-corrected chi connectivity index (χ4v) is 4.65. The third-order valence-electron chi connectivity index (χ3n) is 5.90. The predicted molar refractivity (Wildman–Crippen MR) is 117 cm³/mol. The molecule has 3 saturated heterocycles. The minimum atomic E-state index is 0. The molecule has 0 radical (unpaired) electrons. The zero-order valence-electron chi connectivity index (χ0n) is 16.4. The molecule has 0 aromatic heterocycles. The van der Waals surface area contributed by atoms with Crippen LogP contribution < -0.4 is 10.6 Å². The van der Waals surface area contributed by atoms with Crippen LogP contribution in [0.3, 0.4) is 0 Å². The Labute approximate surface area is 175 Å². The number of rotatable bonds is 5. The highest BCUT2D eigenvalue weighted by Crippen LogP contribution is 2.36. The number of amides is 1. The number of hydrogen-bond donors (Lipinski definition) is 2. The summed E-state index contributed by atoms with van der Waals surface area (Å²) in [4.78, 5) is 21.7.